The zero-order valence-electron chi connectivity index (χ0n) is 19.3. The summed E-state index contributed by atoms with van der Waals surface area (Å²) in [4.78, 5) is 9.94. The number of rotatable bonds is 12. The average Bonchev–Trinajstić information content (AvgIpc) is 3.19. The Balaban J connectivity index is 0.00000420. The van der Waals surface area contributed by atoms with Crippen LogP contribution in [0.25, 0.3) is 0 Å². The maximum Gasteiger partial charge on any atom is 0.193 e. The Bertz CT molecular complexity index is 425. The largest absolute Gasteiger partial charge is 0.378 e. The molecule has 1 saturated carbocycles. The quantitative estimate of drug-likeness (QED) is 0.174. The summed E-state index contributed by atoms with van der Waals surface area (Å²) in [7, 11) is 0. The van der Waals surface area contributed by atoms with Crippen molar-refractivity contribution in [2.24, 2.45) is 10.9 Å². The molecule has 1 heterocycles. The molecule has 1 atom stereocenters. The van der Waals surface area contributed by atoms with Crippen molar-refractivity contribution in [2.45, 2.75) is 84.7 Å². The van der Waals surface area contributed by atoms with Crippen LogP contribution in [0.3, 0.4) is 0 Å². The first-order chi connectivity index (χ1) is 13.8. The van der Waals surface area contributed by atoms with Crippen molar-refractivity contribution in [3.63, 3.8) is 0 Å². The molecule has 6 heteroatoms. The van der Waals surface area contributed by atoms with Gasteiger partial charge in [-0.25, -0.2) is 0 Å². The summed E-state index contributed by atoms with van der Waals surface area (Å²) in [5.41, 5.74) is 0. The minimum Gasteiger partial charge on any atom is -0.378 e. The van der Waals surface area contributed by atoms with Gasteiger partial charge in [0.15, 0.2) is 5.96 Å². The SMILES string of the molecule is CCNC(=NCCCCCOC1CCCCC1)N1CCC(CN(CC)CC)C1.I. The third-order valence-corrected chi connectivity index (χ3v) is 6.30. The van der Waals surface area contributed by atoms with Gasteiger partial charge in [-0.1, -0.05) is 33.1 Å². The van der Waals surface area contributed by atoms with E-state index in [1.165, 1.54) is 64.3 Å². The number of ether oxygens (including phenoxy) is 1. The van der Waals surface area contributed by atoms with E-state index in [9.17, 15) is 0 Å². The van der Waals surface area contributed by atoms with Gasteiger partial charge in [-0.15, -0.1) is 24.0 Å². The molecule has 2 fully saturated rings. The van der Waals surface area contributed by atoms with Crippen LogP contribution in [-0.4, -0.2) is 74.3 Å². The maximum atomic E-state index is 6.03. The average molecular weight is 523 g/mol. The number of hydrogen-bond donors (Lipinski definition) is 1. The van der Waals surface area contributed by atoms with Crippen LogP contribution in [0.2, 0.25) is 0 Å². The molecule has 29 heavy (non-hydrogen) atoms. The standard InChI is InChI=1S/C23H46N4O.HI/c1-4-24-23(27-17-15-21(20-27)19-26(5-2)6-3)25-16-11-8-12-18-28-22-13-9-7-10-14-22;/h21-22H,4-20H2,1-3H3,(H,24,25);1H. The van der Waals surface area contributed by atoms with E-state index in [0.717, 1.165) is 57.8 Å². The van der Waals surface area contributed by atoms with E-state index >= 15 is 0 Å². The fourth-order valence-electron chi connectivity index (χ4n) is 4.50. The third-order valence-electron chi connectivity index (χ3n) is 6.30. The van der Waals surface area contributed by atoms with Crippen molar-refractivity contribution < 1.29 is 4.74 Å². The first-order valence-electron chi connectivity index (χ1n) is 12.1. The second-order valence-corrected chi connectivity index (χ2v) is 8.51. The molecule has 2 aliphatic rings. The third kappa shape index (κ3) is 10.7. The van der Waals surface area contributed by atoms with Gasteiger partial charge >= 0.3 is 0 Å². The summed E-state index contributed by atoms with van der Waals surface area (Å²) < 4.78 is 6.03. The number of likely N-dealkylation sites (tertiary alicyclic amines) is 1. The van der Waals surface area contributed by atoms with Crippen LogP contribution in [0.4, 0.5) is 0 Å². The van der Waals surface area contributed by atoms with Gasteiger partial charge in [0.05, 0.1) is 6.10 Å². The van der Waals surface area contributed by atoms with Crippen LogP contribution < -0.4 is 5.32 Å². The Kier molecular flexibility index (Phi) is 15.4. The molecule has 172 valence electrons. The van der Waals surface area contributed by atoms with E-state index in [4.69, 9.17) is 9.73 Å². The summed E-state index contributed by atoms with van der Waals surface area (Å²) in [6, 6.07) is 0. The molecular weight excluding hydrogens is 475 g/mol. The number of aliphatic imine (C=N–C) groups is 1. The smallest absolute Gasteiger partial charge is 0.193 e. The molecule has 0 amide bonds. The molecule has 1 N–H and O–H groups in total. The Morgan fingerprint density at radius 1 is 1.03 bits per heavy atom. The predicted octanol–water partition coefficient (Wildman–Crippen LogP) is 4.75. The van der Waals surface area contributed by atoms with Gasteiger partial charge in [-0.2, -0.15) is 0 Å². The van der Waals surface area contributed by atoms with Crippen molar-refractivity contribution in [3.05, 3.63) is 0 Å². The molecule has 1 unspecified atom stereocenters. The Morgan fingerprint density at radius 2 is 1.79 bits per heavy atom. The number of unbranched alkanes of at least 4 members (excludes halogenated alkanes) is 2. The van der Waals surface area contributed by atoms with Crippen LogP contribution in [0.5, 0.6) is 0 Å². The van der Waals surface area contributed by atoms with Crippen molar-refractivity contribution in [2.75, 3.05) is 52.4 Å². The highest BCUT2D eigenvalue weighted by Crippen LogP contribution is 2.20. The predicted molar refractivity (Wildman–Crippen MR) is 136 cm³/mol. The zero-order chi connectivity index (χ0) is 20.0. The van der Waals surface area contributed by atoms with Crippen molar-refractivity contribution in [3.8, 4) is 0 Å². The molecule has 2 rings (SSSR count). The monoisotopic (exact) mass is 522 g/mol. The molecule has 0 radical (unpaired) electrons. The number of guanidine groups is 1. The highest BCUT2D eigenvalue weighted by molar-refractivity contribution is 14.0. The van der Waals surface area contributed by atoms with E-state index in [2.05, 4.69) is 35.9 Å². The van der Waals surface area contributed by atoms with E-state index < -0.39 is 0 Å². The van der Waals surface area contributed by atoms with Crippen molar-refractivity contribution in [1.29, 1.82) is 0 Å². The number of nitrogens with zero attached hydrogens (tertiary/aromatic N) is 3. The molecule has 0 spiro atoms. The first kappa shape index (κ1) is 27.0. The lowest BCUT2D eigenvalue weighted by Gasteiger charge is -2.24. The van der Waals surface area contributed by atoms with Crippen LogP contribution in [-0.2, 0) is 4.74 Å². The Morgan fingerprint density at radius 3 is 2.48 bits per heavy atom. The Labute approximate surface area is 197 Å². The van der Waals surface area contributed by atoms with Gasteiger partial charge < -0.3 is 19.9 Å². The van der Waals surface area contributed by atoms with Crippen molar-refractivity contribution in [1.82, 2.24) is 15.1 Å². The Hall–Kier alpha value is -0.0800. The summed E-state index contributed by atoms with van der Waals surface area (Å²) >= 11 is 0. The second-order valence-electron chi connectivity index (χ2n) is 8.51. The number of halogens is 1. The van der Waals surface area contributed by atoms with E-state index in [1.807, 2.05) is 0 Å². The summed E-state index contributed by atoms with van der Waals surface area (Å²) in [5, 5.41) is 3.51. The molecule has 1 aliphatic heterocycles. The van der Waals surface area contributed by atoms with E-state index in [-0.39, 0.29) is 24.0 Å². The minimum atomic E-state index is 0. The molecule has 0 bridgehead atoms. The lowest BCUT2D eigenvalue weighted by atomic mass is 9.98. The molecule has 1 saturated heterocycles. The molecule has 0 aromatic carbocycles. The highest BCUT2D eigenvalue weighted by atomic mass is 127. The van der Waals surface area contributed by atoms with Gasteiger partial charge in [0.1, 0.15) is 0 Å². The molecule has 0 aromatic heterocycles. The second kappa shape index (κ2) is 16.6. The van der Waals surface area contributed by atoms with Crippen molar-refractivity contribution >= 4 is 29.9 Å². The zero-order valence-corrected chi connectivity index (χ0v) is 21.7. The maximum absolute atomic E-state index is 6.03. The number of nitrogens with one attached hydrogen (secondary N) is 1. The summed E-state index contributed by atoms with van der Waals surface area (Å²) in [6.07, 6.45) is 12.1. The molecule has 0 aromatic rings. The van der Waals surface area contributed by atoms with Crippen LogP contribution >= 0.6 is 24.0 Å². The molecule has 1 aliphatic carbocycles. The van der Waals surface area contributed by atoms with Gasteiger partial charge in [0, 0.05) is 39.3 Å². The minimum absolute atomic E-state index is 0. The van der Waals surface area contributed by atoms with Crippen LogP contribution in [0, 0.1) is 5.92 Å². The van der Waals surface area contributed by atoms with Crippen LogP contribution in [0.1, 0.15) is 78.6 Å². The van der Waals surface area contributed by atoms with E-state index in [0.29, 0.717) is 6.10 Å². The summed E-state index contributed by atoms with van der Waals surface area (Å²) in [6.45, 7) is 15.4. The fraction of sp³-hybridized carbons (Fsp3) is 0.957. The lowest BCUT2D eigenvalue weighted by Crippen LogP contribution is -2.41. The molecule has 5 nitrogen and oxygen atoms in total. The topological polar surface area (TPSA) is 40.1 Å². The van der Waals surface area contributed by atoms with Gasteiger partial charge in [0.25, 0.3) is 0 Å². The normalized spacial score (nSPS) is 20.9. The fourth-order valence-corrected chi connectivity index (χ4v) is 4.50. The summed E-state index contributed by atoms with van der Waals surface area (Å²) in [5.74, 6) is 1.91. The first-order valence-corrected chi connectivity index (χ1v) is 12.1. The van der Waals surface area contributed by atoms with Gasteiger partial charge in [-0.05, 0) is 64.5 Å². The number of hydrogen-bond acceptors (Lipinski definition) is 3. The van der Waals surface area contributed by atoms with Gasteiger partial charge in [-0.3, -0.25) is 4.99 Å². The lowest BCUT2D eigenvalue weighted by molar-refractivity contribution is 0.0264. The van der Waals surface area contributed by atoms with E-state index in [1.54, 1.807) is 0 Å². The van der Waals surface area contributed by atoms with Gasteiger partial charge in [0.2, 0.25) is 0 Å². The van der Waals surface area contributed by atoms with Crippen LogP contribution in [0.15, 0.2) is 4.99 Å². The molecular formula is C23H47IN4O. The highest BCUT2D eigenvalue weighted by Gasteiger charge is 2.25.